The number of amides is 1. The van der Waals surface area contributed by atoms with Gasteiger partial charge in [0.2, 0.25) is 5.91 Å². The number of Topliss-reactive ketones (excluding diaryl/α,β-unsaturated/α-hetero) is 1. The summed E-state index contributed by atoms with van der Waals surface area (Å²) in [6.45, 7) is 1.16. The van der Waals surface area contributed by atoms with Crippen molar-refractivity contribution in [2.75, 3.05) is 5.32 Å². The van der Waals surface area contributed by atoms with Gasteiger partial charge < -0.3 is 9.73 Å². The van der Waals surface area contributed by atoms with Crippen LogP contribution in [0.4, 0.5) is 5.69 Å². The maximum atomic E-state index is 12.2. The molecular weight excluding hydrogens is 367 g/mol. The summed E-state index contributed by atoms with van der Waals surface area (Å²) in [4.78, 5) is 35.6. The molecule has 0 fully saturated rings. The average molecular weight is 379 g/mol. The van der Waals surface area contributed by atoms with Crippen LogP contribution in [0.1, 0.15) is 17.3 Å². The maximum absolute atomic E-state index is 12.2. The van der Waals surface area contributed by atoms with E-state index in [4.69, 9.17) is 27.6 Å². The average Bonchev–Trinajstić information content (AvgIpc) is 2.85. The van der Waals surface area contributed by atoms with Crippen LogP contribution in [0.15, 0.2) is 45.6 Å². The van der Waals surface area contributed by atoms with Gasteiger partial charge in [0.1, 0.15) is 6.54 Å². The summed E-state index contributed by atoms with van der Waals surface area (Å²) in [6, 6.07) is 9.28. The summed E-state index contributed by atoms with van der Waals surface area (Å²) < 4.78 is 6.29. The zero-order valence-electron chi connectivity index (χ0n) is 13.0. The van der Waals surface area contributed by atoms with Gasteiger partial charge in [0.05, 0.1) is 16.2 Å². The molecular formula is C17H12Cl2N2O4. The molecule has 1 N–H and O–H groups in total. The van der Waals surface area contributed by atoms with Gasteiger partial charge in [-0.05, 0) is 43.3 Å². The third-order valence-corrected chi connectivity index (χ3v) is 4.13. The van der Waals surface area contributed by atoms with Crippen molar-refractivity contribution in [3.8, 4) is 0 Å². The van der Waals surface area contributed by atoms with Crippen molar-refractivity contribution in [2.24, 2.45) is 0 Å². The molecule has 6 nitrogen and oxygen atoms in total. The second-order valence-corrected chi connectivity index (χ2v) is 6.21. The number of fused-ring (bicyclic) bond motifs is 1. The summed E-state index contributed by atoms with van der Waals surface area (Å²) in [7, 11) is 0. The zero-order valence-corrected chi connectivity index (χ0v) is 14.5. The van der Waals surface area contributed by atoms with E-state index in [1.54, 1.807) is 24.3 Å². The fourth-order valence-electron chi connectivity index (χ4n) is 2.36. The Bertz CT molecular complexity index is 1050. The Balaban J connectivity index is 1.87. The number of hydrogen-bond acceptors (Lipinski definition) is 4. The number of carbonyl (C=O) groups is 2. The third-order valence-electron chi connectivity index (χ3n) is 3.58. The van der Waals surface area contributed by atoms with Crippen LogP contribution in [-0.2, 0) is 11.3 Å². The van der Waals surface area contributed by atoms with Gasteiger partial charge in [-0.25, -0.2) is 4.79 Å². The van der Waals surface area contributed by atoms with Crippen molar-refractivity contribution < 1.29 is 14.0 Å². The van der Waals surface area contributed by atoms with Crippen molar-refractivity contribution in [1.29, 1.82) is 0 Å². The number of nitrogens with zero attached hydrogens (tertiary/aromatic N) is 1. The predicted octanol–water partition coefficient (Wildman–Crippen LogP) is 3.74. The molecule has 0 bridgehead atoms. The van der Waals surface area contributed by atoms with Gasteiger partial charge in [0.15, 0.2) is 11.4 Å². The van der Waals surface area contributed by atoms with E-state index in [0.717, 1.165) is 0 Å². The molecule has 0 radical (unpaired) electrons. The number of aromatic nitrogens is 1. The van der Waals surface area contributed by atoms with Crippen LogP contribution in [0.3, 0.4) is 0 Å². The van der Waals surface area contributed by atoms with Crippen LogP contribution >= 0.6 is 23.2 Å². The summed E-state index contributed by atoms with van der Waals surface area (Å²) in [6.07, 6.45) is 0. The lowest BCUT2D eigenvalue weighted by Gasteiger charge is -2.08. The Hall–Kier alpha value is -2.57. The molecule has 1 aromatic heterocycles. The van der Waals surface area contributed by atoms with E-state index in [2.05, 4.69) is 5.32 Å². The van der Waals surface area contributed by atoms with E-state index in [1.807, 2.05) is 0 Å². The Morgan fingerprint density at radius 3 is 2.60 bits per heavy atom. The molecule has 2 aromatic carbocycles. The SMILES string of the molecule is CC(=O)c1ccc2c(c1)oc(=O)n2CC(=O)Nc1ccc(Cl)cc1Cl. The molecule has 0 saturated heterocycles. The molecule has 3 rings (SSSR count). The second kappa shape index (κ2) is 6.74. The van der Waals surface area contributed by atoms with Crippen LogP contribution in [0, 0.1) is 0 Å². The summed E-state index contributed by atoms with van der Waals surface area (Å²) in [5.74, 6) is -1.29. The fraction of sp³-hybridized carbons (Fsp3) is 0.118. The van der Waals surface area contributed by atoms with Crippen LogP contribution in [0.2, 0.25) is 10.0 Å². The highest BCUT2D eigenvalue weighted by Gasteiger charge is 2.15. The van der Waals surface area contributed by atoms with E-state index in [9.17, 15) is 14.4 Å². The summed E-state index contributed by atoms with van der Waals surface area (Å²) in [5, 5.41) is 3.35. The van der Waals surface area contributed by atoms with Crippen molar-refractivity contribution >= 4 is 51.7 Å². The second-order valence-electron chi connectivity index (χ2n) is 5.37. The standard InChI is InChI=1S/C17H12Cl2N2O4/c1-9(22)10-2-5-14-15(6-10)25-17(24)21(14)8-16(23)20-13-4-3-11(18)7-12(13)19/h2-7H,8H2,1H3,(H,20,23). The lowest BCUT2D eigenvalue weighted by Crippen LogP contribution is -2.24. The molecule has 0 spiro atoms. The molecule has 0 atom stereocenters. The molecule has 1 amide bonds. The molecule has 128 valence electrons. The number of hydrogen-bond donors (Lipinski definition) is 1. The number of oxazole rings is 1. The smallest absolute Gasteiger partial charge is 0.408 e. The maximum Gasteiger partial charge on any atom is 0.420 e. The van der Waals surface area contributed by atoms with Crippen molar-refractivity contribution in [2.45, 2.75) is 13.5 Å². The van der Waals surface area contributed by atoms with Crippen molar-refractivity contribution in [3.05, 3.63) is 62.6 Å². The molecule has 0 unspecified atom stereocenters. The number of nitrogens with one attached hydrogen (secondary N) is 1. The number of benzene rings is 2. The highest BCUT2D eigenvalue weighted by Crippen LogP contribution is 2.25. The minimum atomic E-state index is -0.687. The minimum Gasteiger partial charge on any atom is -0.408 e. The van der Waals surface area contributed by atoms with Crippen LogP contribution in [0.25, 0.3) is 11.1 Å². The quantitative estimate of drug-likeness (QED) is 0.701. The lowest BCUT2D eigenvalue weighted by molar-refractivity contribution is -0.116. The van der Waals surface area contributed by atoms with Crippen LogP contribution in [-0.4, -0.2) is 16.3 Å². The van der Waals surface area contributed by atoms with Gasteiger partial charge in [-0.15, -0.1) is 0 Å². The largest absolute Gasteiger partial charge is 0.420 e. The molecule has 25 heavy (non-hydrogen) atoms. The molecule has 0 saturated carbocycles. The zero-order chi connectivity index (χ0) is 18.1. The first-order chi connectivity index (χ1) is 11.8. The van der Waals surface area contributed by atoms with Crippen LogP contribution in [0.5, 0.6) is 0 Å². The first-order valence-electron chi connectivity index (χ1n) is 7.24. The first kappa shape index (κ1) is 17.3. The molecule has 3 aromatic rings. The minimum absolute atomic E-state index is 0.146. The Morgan fingerprint density at radius 1 is 1.16 bits per heavy atom. The van der Waals surface area contributed by atoms with E-state index in [-0.39, 0.29) is 22.9 Å². The summed E-state index contributed by atoms with van der Waals surface area (Å²) in [5.41, 5.74) is 1.48. The van der Waals surface area contributed by atoms with Gasteiger partial charge in [-0.3, -0.25) is 14.2 Å². The monoisotopic (exact) mass is 378 g/mol. The molecule has 0 aliphatic heterocycles. The first-order valence-corrected chi connectivity index (χ1v) is 8.00. The van der Waals surface area contributed by atoms with Gasteiger partial charge >= 0.3 is 5.76 Å². The Labute approximate surface area is 151 Å². The van der Waals surface area contributed by atoms with Crippen molar-refractivity contribution in [3.63, 3.8) is 0 Å². The highest BCUT2D eigenvalue weighted by atomic mass is 35.5. The number of halogens is 2. The normalized spacial score (nSPS) is 10.8. The van der Waals surface area contributed by atoms with Gasteiger partial charge in [0, 0.05) is 10.6 Å². The van der Waals surface area contributed by atoms with Crippen molar-refractivity contribution in [1.82, 2.24) is 4.57 Å². The lowest BCUT2D eigenvalue weighted by atomic mass is 10.1. The van der Waals surface area contributed by atoms with Gasteiger partial charge in [-0.2, -0.15) is 0 Å². The third kappa shape index (κ3) is 3.60. The number of ketones is 1. The van der Waals surface area contributed by atoms with Gasteiger partial charge in [-0.1, -0.05) is 23.2 Å². The van der Waals surface area contributed by atoms with E-state index < -0.39 is 11.7 Å². The van der Waals surface area contributed by atoms with E-state index in [0.29, 0.717) is 21.8 Å². The Morgan fingerprint density at radius 2 is 1.92 bits per heavy atom. The highest BCUT2D eigenvalue weighted by molar-refractivity contribution is 6.36. The predicted molar refractivity (Wildman–Crippen MR) is 95.6 cm³/mol. The topological polar surface area (TPSA) is 81.3 Å². The fourth-order valence-corrected chi connectivity index (χ4v) is 2.82. The molecule has 1 heterocycles. The van der Waals surface area contributed by atoms with E-state index >= 15 is 0 Å². The number of anilines is 1. The number of carbonyl (C=O) groups excluding carboxylic acids is 2. The Kier molecular flexibility index (Phi) is 4.65. The summed E-state index contributed by atoms with van der Waals surface area (Å²) >= 11 is 11.8. The molecule has 8 heteroatoms. The van der Waals surface area contributed by atoms with Crippen LogP contribution < -0.4 is 11.1 Å². The van der Waals surface area contributed by atoms with Gasteiger partial charge in [0.25, 0.3) is 0 Å². The molecule has 0 aliphatic rings. The van der Waals surface area contributed by atoms with E-state index in [1.165, 1.54) is 23.6 Å². The number of rotatable bonds is 4. The molecule has 0 aliphatic carbocycles.